The van der Waals surface area contributed by atoms with E-state index in [1.807, 2.05) is 0 Å². The van der Waals surface area contributed by atoms with Crippen molar-refractivity contribution in [3.63, 3.8) is 0 Å². The fourth-order valence-electron chi connectivity index (χ4n) is 2.58. The van der Waals surface area contributed by atoms with Crippen LogP contribution in [0.5, 0.6) is 0 Å². The van der Waals surface area contributed by atoms with E-state index in [2.05, 4.69) is 5.10 Å². The van der Waals surface area contributed by atoms with Gasteiger partial charge < -0.3 is 10.0 Å². The number of thiophene rings is 1. The lowest BCUT2D eigenvalue weighted by Gasteiger charge is -2.33. The number of carboxylic acid groups (broad SMARTS) is 1. The molecular formula is C14H16N4O5S2. The zero-order chi connectivity index (χ0) is 18.0. The number of nitrogens with zero attached hydrogens (tertiary/aromatic N) is 4. The zero-order valence-electron chi connectivity index (χ0n) is 13.1. The molecule has 25 heavy (non-hydrogen) atoms. The maximum Gasteiger partial charge on any atom is 0.354 e. The van der Waals surface area contributed by atoms with Crippen LogP contribution in [-0.2, 0) is 21.4 Å². The van der Waals surface area contributed by atoms with Crippen molar-refractivity contribution < 1.29 is 23.1 Å². The van der Waals surface area contributed by atoms with Crippen LogP contribution in [-0.4, -0.2) is 70.6 Å². The first-order valence-electron chi connectivity index (χ1n) is 7.46. The normalized spacial score (nSPS) is 16.1. The molecule has 1 aliphatic heterocycles. The van der Waals surface area contributed by atoms with Gasteiger partial charge in [0.2, 0.25) is 5.91 Å². The van der Waals surface area contributed by atoms with Gasteiger partial charge in [-0.15, -0.1) is 11.3 Å². The molecule has 1 N–H and O–H groups in total. The molecule has 134 valence electrons. The lowest BCUT2D eigenvalue weighted by molar-refractivity contribution is -0.133. The summed E-state index contributed by atoms with van der Waals surface area (Å²) in [5.74, 6) is -1.45. The molecule has 1 fully saturated rings. The molecule has 0 aliphatic carbocycles. The van der Waals surface area contributed by atoms with Crippen molar-refractivity contribution in [3.8, 4) is 0 Å². The van der Waals surface area contributed by atoms with Gasteiger partial charge in [0.25, 0.3) is 10.0 Å². The SMILES string of the molecule is O=C(O)c1ccnn1CC(=O)N1CCN(S(=O)(=O)c2cccs2)CC1. The summed E-state index contributed by atoms with van der Waals surface area (Å²) >= 11 is 1.16. The Bertz CT molecular complexity index is 867. The molecule has 3 heterocycles. The van der Waals surface area contributed by atoms with E-state index in [9.17, 15) is 18.0 Å². The summed E-state index contributed by atoms with van der Waals surface area (Å²) in [6, 6.07) is 4.56. The van der Waals surface area contributed by atoms with E-state index in [-0.39, 0.29) is 48.5 Å². The molecular weight excluding hydrogens is 368 g/mol. The third kappa shape index (κ3) is 3.57. The molecule has 2 aromatic heterocycles. The Morgan fingerprint density at radius 2 is 1.92 bits per heavy atom. The van der Waals surface area contributed by atoms with Crippen molar-refractivity contribution in [2.24, 2.45) is 0 Å². The second-order valence-corrected chi connectivity index (χ2v) is 8.51. The van der Waals surface area contributed by atoms with Gasteiger partial charge in [0.05, 0.1) is 0 Å². The first kappa shape index (κ1) is 17.6. The molecule has 0 aromatic carbocycles. The first-order valence-corrected chi connectivity index (χ1v) is 9.78. The van der Waals surface area contributed by atoms with Gasteiger partial charge in [-0.2, -0.15) is 9.40 Å². The number of hydrogen-bond donors (Lipinski definition) is 1. The molecule has 0 saturated carbocycles. The number of aromatic carboxylic acids is 1. The molecule has 0 bridgehead atoms. The number of amides is 1. The summed E-state index contributed by atoms with van der Waals surface area (Å²) in [5, 5.41) is 14.6. The second kappa shape index (κ2) is 6.94. The Morgan fingerprint density at radius 3 is 2.52 bits per heavy atom. The molecule has 0 atom stereocenters. The topological polar surface area (TPSA) is 113 Å². The van der Waals surface area contributed by atoms with Crippen molar-refractivity contribution >= 4 is 33.2 Å². The predicted molar refractivity (Wildman–Crippen MR) is 88.8 cm³/mol. The maximum absolute atomic E-state index is 12.5. The Kier molecular flexibility index (Phi) is 4.88. The summed E-state index contributed by atoms with van der Waals surface area (Å²) < 4.78 is 27.7. The van der Waals surface area contributed by atoms with E-state index in [4.69, 9.17) is 5.11 Å². The van der Waals surface area contributed by atoms with Crippen LogP contribution in [0, 0.1) is 0 Å². The smallest absolute Gasteiger partial charge is 0.354 e. The highest BCUT2D eigenvalue weighted by Gasteiger charge is 2.31. The summed E-state index contributed by atoms with van der Waals surface area (Å²) in [6.45, 7) is 0.736. The molecule has 2 aromatic rings. The number of carboxylic acids is 1. The fourth-order valence-corrected chi connectivity index (χ4v) is 5.15. The van der Waals surface area contributed by atoms with Crippen molar-refractivity contribution in [2.75, 3.05) is 26.2 Å². The van der Waals surface area contributed by atoms with Gasteiger partial charge in [-0.25, -0.2) is 17.9 Å². The highest BCUT2D eigenvalue weighted by atomic mass is 32.2. The molecule has 1 aliphatic rings. The van der Waals surface area contributed by atoms with Crippen LogP contribution in [0.3, 0.4) is 0 Å². The minimum Gasteiger partial charge on any atom is -0.477 e. The van der Waals surface area contributed by atoms with Crippen LogP contribution in [0.25, 0.3) is 0 Å². The van der Waals surface area contributed by atoms with Gasteiger partial charge in [-0.05, 0) is 17.5 Å². The van der Waals surface area contributed by atoms with Crippen molar-refractivity contribution in [3.05, 3.63) is 35.5 Å². The zero-order valence-corrected chi connectivity index (χ0v) is 14.7. The number of carbonyl (C=O) groups excluding carboxylic acids is 1. The van der Waals surface area contributed by atoms with Gasteiger partial charge in [-0.3, -0.25) is 4.79 Å². The largest absolute Gasteiger partial charge is 0.477 e. The maximum atomic E-state index is 12.5. The highest BCUT2D eigenvalue weighted by Crippen LogP contribution is 2.22. The summed E-state index contributed by atoms with van der Waals surface area (Å²) in [4.78, 5) is 24.9. The molecule has 1 amide bonds. The third-order valence-electron chi connectivity index (χ3n) is 3.90. The Hall–Kier alpha value is -2.24. The average Bonchev–Trinajstić information content (AvgIpc) is 3.26. The number of piperazine rings is 1. The summed E-state index contributed by atoms with van der Waals surface area (Å²) in [5.41, 5.74) is -0.0627. The molecule has 1 saturated heterocycles. The Balaban J connectivity index is 1.61. The third-order valence-corrected chi connectivity index (χ3v) is 7.17. The van der Waals surface area contributed by atoms with Crippen LogP contribution in [0.15, 0.2) is 34.0 Å². The van der Waals surface area contributed by atoms with E-state index in [1.54, 1.807) is 17.5 Å². The molecule has 0 unspecified atom stereocenters. The second-order valence-electron chi connectivity index (χ2n) is 5.40. The molecule has 0 radical (unpaired) electrons. The van der Waals surface area contributed by atoms with Crippen molar-refractivity contribution in [1.29, 1.82) is 0 Å². The Morgan fingerprint density at radius 1 is 1.20 bits per heavy atom. The lowest BCUT2D eigenvalue weighted by Crippen LogP contribution is -2.51. The van der Waals surface area contributed by atoms with Gasteiger partial charge in [0.15, 0.2) is 0 Å². The van der Waals surface area contributed by atoms with Gasteiger partial charge >= 0.3 is 5.97 Å². The number of carbonyl (C=O) groups is 2. The number of aromatic nitrogens is 2. The van der Waals surface area contributed by atoms with Crippen molar-refractivity contribution in [2.45, 2.75) is 10.8 Å². The monoisotopic (exact) mass is 384 g/mol. The first-order chi connectivity index (χ1) is 11.9. The van der Waals surface area contributed by atoms with Crippen LogP contribution in [0.2, 0.25) is 0 Å². The minimum atomic E-state index is -3.52. The average molecular weight is 384 g/mol. The van der Waals surface area contributed by atoms with Gasteiger partial charge in [0, 0.05) is 32.4 Å². The number of rotatable bonds is 5. The molecule has 11 heteroatoms. The van der Waals surface area contributed by atoms with Crippen LogP contribution < -0.4 is 0 Å². The fraction of sp³-hybridized carbons (Fsp3) is 0.357. The van der Waals surface area contributed by atoms with E-state index in [0.717, 1.165) is 16.0 Å². The van der Waals surface area contributed by atoms with Crippen LogP contribution >= 0.6 is 11.3 Å². The Labute approximate surface area is 148 Å². The summed E-state index contributed by atoms with van der Waals surface area (Å²) in [6.07, 6.45) is 1.32. The predicted octanol–water partition coefficient (Wildman–Crippen LogP) is 0.176. The number of sulfonamides is 1. The van der Waals surface area contributed by atoms with Crippen molar-refractivity contribution in [1.82, 2.24) is 19.0 Å². The van der Waals surface area contributed by atoms with Gasteiger partial charge in [-0.1, -0.05) is 6.07 Å². The van der Waals surface area contributed by atoms with E-state index < -0.39 is 16.0 Å². The summed E-state index contributed by atoms with van der Waals surface area (Å²) in [7, 11) is -3.52. The molecule has 9 nitrogen and oxygen atoms in total. The number of hydrogen-bond acceptors (Lipinski definition) is 6. The molecule has 0 spiro atoms. The quantitative estimate of drug-likeness (QED) is 0.787. The molecule has 3 rings (SSSR count). The van der Waals surface area contributed by atoms with E-state index in [1.165, 1.54) is 21.5 Å². The van der Waals surface area contributed by atoms with Crippen LogP contribution in [0.4, 0.5) is 0 Å². The van der Waals surface area contributed by atoms with E-state index in [0.29, 0.717) is 0 Å². The van der Waals surface area contributed by atoms with Crippen LogP contribution in [0.1, 0.15) is 10.5 Å². The highest BCUT2D eigenvalue weighted by molar-refractivity contribution is 7.91. The lowest BCUT2D eigenvalue weighted by atomic mass is 10.3. The van der Waals surface area contributed by atoms with E-state index >= 15 is 0 Å². The standard InChI is InChI=1S/C14H16N4O5S2/c19-12(10-18-11(14(20)21)3-4-15-18)16-5-7-17(8-6-16)25(22,23)13-2-1-9-24-13/h1-4,9H,5-8,10H2,(H,20,21). The van der Waals surface area contributed by atoms with Gasteiger partial charge in [0.1, 0.15) is 16.4 Å². The minimum absolute atomic E-state index is 0.0627.